The number of nitrogens with zero attached hydrogens (tertiary/aromatic N) is 6. The van der Waals surface area contributed by atoms with Crippen LogP contribution in [0.25, 0.3) is 32.1 Å². The minimum absolute atomic E-state index is 0.00543. The molecule has 0 radical (unpaired) electrons. The lowest BCUT2D eigenvalue weighted by Gasteiger charge is -2.31. The van der Waals surface area contributed by atoms with Crippen LogP contribution in [0.5, 0.6) is 6.01 Å². The van der Waals surface area contributed by atoms with Gasteiger partial charge < -0.3 is 20.3 Å². The molecule has 13 heteroatoms. The molecule has 49 heavy (non-hydrogen) atoms. The van der Waals surface area contributed by atoms with E-state index in [0.29, 0.717) is 46.1 Å². The molecule has 2 aromatic carbocycles. The molecule has 0 unspecified atom stereocenters. The van der Waals surface area contributed by atoms with Crippen molar-refractivity contribution in [2.24, 2.45) is 0 Å². The quantitative estimate of drug-likeness (QED) is 0.149. The number of hydrogen-bond donors (Lipinski definition) is 2. The average Bonchev–Trinajstić information content (AvgIpc) is 3.77. The van der Waals surface area contributed by atoms with Gasteiger partial charge in [-0.1, -0.05) is 23.7 Å². The molecule has 7 rings (SSSR count). The molecule has 0 saturated carbocycles. The fourth-order valence-corrected chi connectivity index (χ4v) is 8.92. The van der Waals surface area contributed by atoms with Crippen LogP contribution < -0.4 is 20.3 Å². The third-order valence-corrected chi connectivity index (χ3v) is 11.0. The molecule has 5 heterocycles. The second kappa shape index (κ2) is 13.2. The van der Waals surface area contributed by atoms with Crippen molar-refractivity contribution >= 4 is 60.6 Å². The van der Waals surface area contributed by atoms with Crippen molar-refractivity contribution in [2.45, 2.75) is 57.7 Å². The van der Waals surface area contributed by atoms with Crippen LogP contribution in [-0.4, -0.2) is 65.2 Å². The number of benzene rings is 2. The SMILES string of the molecule is CNc1ncccc1CN(C)c1nc(OCC23CCCN2CCC3)nc2c(F)c(-c3ccc(F)c4sc(NC(C)C)c(C#N)c34)c(Cl)cc12. The van der Waals surface area contributed by atoms with Crippen LogP contribution in [0.2, 0.25) is 5.02 Å². The number of thiophene rings is 1. The highest BCUT2D eigenvalue weighted by Crippen LogP contribution is 2.47. The Kier molecular flexibility index (Phi) is 8.94. The number of halogens is 3. The van der Waals surface area contributed by atoms with Crippen LogP contribution in [-0.2, 0) is 6.54 Å². The first-order valence-electron chi connectivity index (χ1n) is 16.5. The molecule has 0 aliphatic carbocycles. The number of aromatic nitrogens is 3. The molecule has 0 amide bonds. The van der Waals surface area contributed by atoms with Crippen LogP contribution in [0.15, 0.2) is 36.5 Å². The normalized spacial score (nSPS) is 15.6. The first-order valence-corrected chi connectivity index (χ1v) is 17.7. The fraction of sp³-hybridized carbons (Fsp3) is 0.389. The Balaban J connectivity index is 1.40. The van der Waals surface area contributed by atoms with Gasteiger partial charge >= 0.3 is 6.01 Å². The van der Waals surface area contributed by atoms with Crippen LogP contribution in [0.4, 0.5) is 25.4 Å². The molecule has 2 N–H and O–H groups in total. The third kappa shape index (κ3) is 5.87. The summed E-state index contributed by atoms with van der Waals surface area (Å²) in [5.41, 5.74) is 1.44. The maximum atomic E-state index is 17.2. The summed E-state index contributed by atoms with van der Waals surface area (Å²) in [6, 6.07) is 10.5. The van der Waals surface area contributed by atoms with Crippen LogP contribution in [0, 0.1) is 23.0 Å². The molecule has 9 nitrogen and oxygen atoms in total. The van der Waals surface area contributed by atoms with Crippen molar-refractivity contribution in [3.05, 3.63) is 64.3 Å². The number of hydrogen-bond acceptors (Lipinski definition) is 10. The lowest BCUT2D eigenvalue weighted by atomic mass is 9.95. The summed E-state index contributed by atoms with van der Waals surface area (Å²) in [4.78, 5) is 18.3. The summed E-state index contributed by atoms with van der Waals surface area (Å²) >= 11 is 8.07. The Labute approximate surface area is 292 Å². The minimum atomic E-state index is -0.704. The highest BCUT2D eigenvalue weighted by Gasteiger charge is 2.45. The van der Waals surface area contributed by atoms with E-state index in [2.05, 4.69) is 31.6 Å². The van der Waals surface area contributed by atoms with E-state index in [1.165, 1.54) is 12.1 Å². The lowest BCUT2D eigenvalue weighted by Crippen LogP contribution is -2.43. The molecule has 0 spiro atoms. The predicted molar refractivity (Wildman–Crippen MR) is 193 cm³/mol. The van der Waals surface area contributed by atoms with Crippen molar-refractivity contribution in [3.8, 4) is 23.2 Å². The standard InChI is InChI=1S/C36H37ClF2N8OS/c1-20(2)43-34-24(17-40)27-22(9-10-26(38)31(27)49-34)28-25(37)16-23-30(29(28)39)44-35(48-19-36-11-6-14-47(36)15-7-12-36)45-33(23)46(4)18-21-8-5-13-42-32(21)41-3/h5,8-10,13,16,20,43H,6-7,11-12,14-15,18-19H2,1-4H3,(H,41,42). The van der Waals surface area contributed by atoms with Gasteiger partial charge in [-0.05, 0) is 76.4 Å². The van der Waals surface area contributed by atoms with E-state index in [0.717, 1.165) is 55.7 Å². The van der Waals surface area contributed by atoms with E-state index in [1.54, 1.807) is 12.3 Å². The third-order valence-electron chi connectivity index (χ3n) is 9.61. The van der Waals surface area contributed by atoms with Crippen molar-refractivity contribution in [1.82, 2.24) is 19.9 Å². The van der Waals surface area contributed by atoms with Crippen LogP contribution in [0.3, 0.4) is 0 Å². The number of ether oxygens (including phenoxy) is 1. The van der Waals surface area contributed by atoms with Gasteiger partial charge in [0.25, 0.3) is 0 Å². The summed E-state index contributed by atoms with van der Waals surface area (Å²) in [6.07, 6.45) is 6.00. The first-order chi connectivity index (χ1) is 23.6. The number of nitrogens with one attached hydrogen (secondary N) is 2. The molecule has 2 aliphatic rings. The highest BCUT2D eigenvalue weighted by atomic mass is 35.5. The maximum absolute atomic E-state index is 17.2. The number of anilines is 3. The van der Waals surface area contributed by atoms with Gasteiger partial charge in [-0.3, -0.25) is 4.90 Å². The zero-order valence-electron chi connectivity index (χ0n) is 27.8. The fourth-order valence-electron chi connectivity index (χ4n) is 7.39. The number of rotatable bonds is 10. The Bertz CT molecular complexity index is 2110. The summed E-state index contributed by atoms with van der Waals surface area (Å²) in [7, 11) is 3.67. The lowest BCUT2D eigenvalue weighted by molar-refractivity contribution is 0.108. The van der Waals surface area contributed by atoms with Gasteiger partial charge in [-0.15, -0.1) is 11.3 Å². The smallest absolute Gasteiger partial charge is 0.319 e. The maximum Gasteiger partial charge on any atom is 0.319 e. The summed E-state index contributed by atoms with van der Waals surface area (Å²) in [5, 5.41) is 17.9. The van der Waals surface area contributed by atoms with Gasteiger partial charge in [0.2, 0.25) is 0 Å². The molecule has 0 bridgehead atoms. The van der Waals surface area contributed by atoms with Crippen LogP contribution >= 0.6 is 22.9 Å². The second-order valence-electron chi connectivity index (χ2n) is 13.1. The molecule has 254 valence electrons. The molecule has 2 fully saturated rings. The molecule has 2 aliphatic heterocycles. The van der Waals surface area contributed by atoms with Crippen molar-refractivity contribution < 1.29 is 13.5 Å². The molecular weight excluding hydrogens is 666 g/mol. The van der Waals surface area contributed by atoms with Crippen molar-refractivity contribution in [1.29, 1.82) is 5.26 Å². The Hall–Kier alpha value is -4.31. The van der Waals surface area contributed by atoms with E-state index in [9.17, 15) is 5.26 Å². The summed E-state index contributed by atoms with van der Waals surface area (Å²) in [5.74, 6) is -0.0519. The van der Waals surface area contributed by atoms with E-state index in [4.69, 9.17) is 21.3 Å². The molecule has 5 aromatic rings. The van der Waals surface area contributed by atoms with Gasteiger partial charge in [0.05, 0.1) is 20.8 Å². The minimum Gasteiger partial charge on any atom is -0.461 e. The highest BCUT2D eigenvalue weighted by molar-refractivity contribution is 7.23. The second-order valence-corrected chi connectivity index (χ2v) is 14.5. The average molecular weight is 703 g/mol. The number of fused-ring (bicyclic) bond motifs is 3. The number of nitriles is 1. The van der Waals surface area contributed by atoms with Crippen molar-refractivity contribution in [2.75, 3.05) is 49.3 Å². The van der Waals surface area contributed by atoms with Crippen LogP contribution in [0.1, 0.15) is 50.7 Å². The summed E-state index contributed by atoms with van der Waals surface area (Å²) in [6.45, 7) is 6.75. The molecule has 0 atom stereocenters. The van der Waals surface area contributed by atoms with E-state index >= 15 is 8.78 Å². The predicted octanol–water partition coefficient (Wildman–Crippen LogP) is 8.22. The Morgan fingerprint density at radius 3 is 2.67 bits per heavy atom. The largest absolute Gasteiger partial charge is 0.461 e. The monoisotopic (exact) mass is 702 g/mol. The zero-order valence-corrected chi connectivity index (χ0v) is 29.4. The van der Waals surface area contributed by atoms with Gasteiger partial charge in [-0.2, -0.15) is 15.2 Å². The van der Waals surface area contributed by atoms with E-state index in [1.807, 2.05) is 45.0 Å². The van der Waals surface area contributed by atoms with Gasteiger partial charge in [0.1, 0.15) is 40.6 Å². The Morgan fingerprint density at radius 1 is 1.18 bits per heavy atom. The first kappa shape index (κ1) is 33.2. The van der Waals surface area contributed by atoms with Gasteiger partial charge in [0, 0.05) is 54.8 Å². The molecular formula is C36H37ClF2N8OS. The Morgan fingerprint density at radius 2 is 1.96 bits per heavy atom. The topological polar surface area (TPSA) is 102 Å². The van der Waals surface area contributed by atoms with Gasteiger partial charge in [0.15, 0.2) is 5.82 Å². The summed E-state index contributed by atoms with van der Waals surface area (Å²) < 4.78 is 39.0. The molecule has 2 saturated heterocycles. The van der Waals surface area contributed by atoms with Gasteiger partial charge in [-0.25, -0.2) is 13.8 Å². The zero-order chi connectivity index (χ0) is 34.4. The van der Waals surface area contributed by atoms with E-state index in [-0.39, 0.29) is 44.0 Å². The number of pyridine rings is 1. The van der Waals surface area contributed by atoms with Crippen molar-refractivity contribution in [3.63, 3.8) is 0 Å². The molecule has 3 aromatic heterocycles. The van der Waals surface area contributed by atoms with E-state index < -0.39 is 11.6 Å².